The summed E-state index contributed by atoms with van der Waals surface area (Å²) < 4.78 is 5.04. The molecule has 0 bridgehead atoms. The maximum Gasteiger partial charge on any atom is 0.294 e. The number of carbonyl (C=O) groups is 1. The Morgan fingerprint density at radius 1 is 1.64 bits per heavy atom. The number of carbonyl (C=O) groups excluding carboxylic acids is 1. The van der Waals surface area contributed by atoms with Gasteiger partial charge in [-0.1, -0.05) is 0 Å². The van der Waals surface area contributed by atoms with Crippen molar-refractivity contribution in [1.29, 1.82) is 0 Å². The molecule has 0 unspecified atom stereocenters. The van der Waals surface area contributed by atoms with Crippen molar-refractivity contribution in [3.8, 4) is 0 Å². The molecule has 4 nitrogen and oxygen atoms in total. The highest BCUT2D eigenvalue weighted by atomic mass is 16.5. The van der Waals surface area contributed by atoms with Gasteiger partial charge in [-0.2, -0.15) is 0 Å². The maximum atomic E-state index is 11.0. The minimum absolute atomic E-state index is 0.000278. The van der Waals surface area contributed by atoms with Gasteiger partial charge in [0.2, 0.25) is 0 Å². The van der Waals surface area contributed by atoms with Crippen molar-refractivity contribution >= 4 is 11.9 Å². The van der Waals surface area contributed by atoms with Crippen LogP contribution in [0.3, 0.4) is 0 Å². The van der Waals surface area contributed by atoms with Crippen LogP contribution in [0.2, 0.25) is 0 Å². The fraction of sp³-hybridized carbons (Fsp3) is 0.714. The zero-order chi connectivity index (χ0) is 8.27. The van der Waals surface area contributed by atoms with E-state index < -0.39 is 0 Å². The molecular weight excluding hydrogens is 144 g/mol. The Labute approximate surface area is 65.9 Å². The zero-order valence-electron chi connectivity index (χ0n) is 6.83. The largest absolute Gasteiger partial charge is 0.455 e. The molecule has 11 heavy (non-hydrogen) atoms. The van der Waals surface area contributed by atoms with Gasteiger partial charge in [0.1, 0.15) is 0 Å². The number of amides is 1. The molecule has 1 amide bonds. The van der Waals surface area contributed by atoms with Crippen molar-refractivity contribution in [3.63, 3.8) is 0 Å². The predicted octanol–water partition coefficient (Wildman–Crippen LogP) is 0.241. The third-order valence-corrected chi connectivity index (χ3v) is 1.47. The summed E-state index contributed by atoms with van der Waals surface area (Å²) in [6.07, 6.45) is 0. The van der Waals surface area contributed by atoms with Crippen molar-refractivity contribution in [3.05, 3.63) is 0 Å². The Hall–Kier alpha value is -1.06. The van der Waals surface area contributed by atoms with Crippen LogP contribution in [0.5, 0.6) is 0 Å². The number of nitrogens with zero attached hydrogens (tertiary/aromatic N) is 2. The number of ether oxygens (including phenoxy) is 1. The first-order valence-corrected chi connectivity index (χ1v) is 3.77. The molecule has 1 saturated heterocycles. The Morgan fingerprint density at radius 3 is 2.91 bits per heavy atom. The lowest BCUT2D eigenvalue weighted by molar-refractivity contribution is -0.125. The van der Waals surface area contributed by atoms with Crippen LogP contribution in [-0.2, 0) is 9.53 Å². The highest BCUT2D eigenvalue weighted by Gasteiger charge is 2.26. The van der Waals surface area contributed by atoms with Gasteiger partial charge in [0.15, 0.2) is 6.61 Å². The van der Waals surface area contributed by atoms with Crippen LogP contribution in [0.4, 0.5) is 0 Å². The van der Waals surface area contributed by atoms with E-state index in [1.807, 2.05) is 13.8 Å². The van der Waals surface area contributed by atoms with E-state index in [-0.39, 0.29) is 12.5 Å². The average Bonchev–Trinajstić information content (AvgIpc) is 2.33. The molecule has 0 saturated carbocycles. The molecule has 0 aromatic carbocycles. The van der Waals surface area contributed by atoms with E-state index in [4.69, 9.17) is 4.74 Å². The SMILES string of the molecule is CC/N=C1/OCC(=O)N1CC. The zero-order valence-corrected chi connectivity index (χ0v) is 6.83. The van der Waals surface area contributed by atoms with Gasteiger partial charge in [-0.05, 0) is 13.8 Å². The molecule has 0 atom stereocenters. The monoisotopic (exact) mass is 156 g/mol. The number of hydrogen-bond acceptors (Lipinski definition) is 3. The first kappa shape index (κ1) is 8.04. The van der Waals surface area contributed by atoms with E-state index in [0.29, 0.717) is 19.1 Å². The van der Waals surface area contributed by atoms with Gasteiger partial charge in [-0.3, -0.25) is 9.69 Å². The van der Waals surface area contributed by atoms with E-state index in [9.17, 15) is 4.79 Å². The average molecular weight is 156 g/mol. The van der Waals surface area contributed by atoms with Crippen LogP contribution in [-0.4, -0.2) is 36.5 Å². The lowest BCUT2D eigenvalue weighted by Gasteiger charge is -2.09. The lowest BCUT2D eigenvalue weighted by atomic mass is 10.5. The molecule has 62 valence electrons. The third kappa shape index (κ3) is 1.50. The van der Waals surface area contributed by atoms with E-state index in [1.54, 1.807) is 4.90 Å². The van der Waals surface area contributed by atoms with E-state index >= 15 is 0 Å². The van der Waals surface area contributed by atoms with Gasteiger partial charge in [0.05, 0.1) is 0 Å². The van der Waals surface area contributed by atoms with Crippen LogP contribution in [0.15, 0.2) is 4.99 Å². The summed E-state index contributed by atoms with van der Waals surface area (Å²) in [4.78, 5) is 16.6. The van der Waals surface area contributed by atoms with Crippen LogP contribution in [0, 0.1) is 0 Å². The van der Waals surface area contributed by atoms with Crippen LogP contribution in [0.25, 0.3) is 0 Å². The summed E-state index contributed by atoms with van der Waals surface area (Å²) >= 11 is 0. The normalized spacial score (nSPS) is 21.1. The second-order valence-electron chi connectivity index (χ2n) is 2.18. The number of likely N-dealkylation sites (N-methyl/N-ethyl adjacent to an activating group) is 1. The Balaban J connectivity index is 2.68. The maximum absolute atomic E-state index is 11.0. The molecular formula is C7H12N2O2. The van der Waals surface area contributed by atoms with Crippen LogP contribution >= 0.6 is 0 Å². The Bertz CT molecular complexity index is 189. The molecule has 0 aromatic rings. The fourth-order valence-corrected chi connectivity index (χ4v) is 0.967. The third-order valence-electron chi connectivity index (χ3n) is 1.47. The number of aliphatic imine (C=N–C) groups is 1. The Morgan fingerprint density at radius 2 is 2.36 bits per heavy atom. The minimum atomic E-state index is -0.000278. The molecule has 0 aromatic heterocycles. The number of amidine groups is 1. The first-order chi connectivity index (χ1) is 5.29. The van der Waals surface area contributed by atoms with Crippen molar-refractivity contribution in [2.24, 2.45) is 4.99 Å². The molecule has 4 heteroatoms. The summed E-state index contributed by atoms with van der Waals surface area (Å²) in [7, 11) is 0. The highest BCUT2D eigenvalue weighted by Crippen LogP contribution is 2.04. The molecule has 1 rings (SSSR count). The van der Waals surface area contributed by atoms with Gasteiger partial charge < -0.3 is 4.74 Å². The van der Waals surface area contributed by atoms with Crippen molar-refractivity contribution in [1.82, 2.24) is 4.90 Å². The summed E-state index contributed by atoms with van der Waals surface area (Å²) in [5, 5.41) is 0. The quantitative estimate of drug-likeness (QED) is 0.574. The summed E-state index contributed by atoms with van der Waals surface area (Å²) in [6.45, 7) is 5.24. The van der Waals surface area contributed by atoms with Gasteiger partial charge in [-0.25, -0.2) is 4.99 Å². The Kier molecular flexibility index (Phi) is 2.46. The molecule has 0 radical (unpaired) electrons. The lowest BCUT2D eigenvalue weighted by Crippen LogP contribution is -2.29. The first-order valence-electron chi connectivity index (χ1n) is 3.77. The topological polar surface area (TPSA) is 41.9 Å². The molecule has 1 aliphatic heterocycles. The second-order valence-corrected chi connectivity index (χ2v) is 2.18. The minimum Gasteiger partial charge on any atom is -0.455 e. The molecule has 0 aliphatic carbocycles. The van der Waals surface area contributed by atoms with E-state index in [0.717, 1.165) is 0 Å². The number of hydrogen-bond donors (Lipinski definition) is 0. The van der Waals surface area contributed by atoms with E-state index in [1.165, 1.54) is 0 Å². The second kappa shape index (κ2) is 3.37. The van der Waals surface area contributed by atoms with Gasteiger partial charge in [0.25, 0.3) is 11.9 Å². The summed E-state index contributed by atoms with van der Waals surface area (Å²) in [5.41, 5.74) is 0. The van der Waals surface area contributed by atoms with Gasteiger partial charge in [0, 0.05) is 13.1 Å². The molecule has 1 heterocycles. The highest BCUT2D eigenvalue weighted by molar-refractivity contribution is 5.99. The van der Waals surface area contributed by atoms with E-state index in [2.05, 4.69) is 4.99 Å². The molecule has 0 N–H and O–H groups in total. The fourth-order valence-electron chi connectivity index (χ4n) is 0.967. The van der Waals surface area contributed by atoms with Gasteiger partial charge in [-0.15, -0.1) is 0 Å². The predicted molar refractivity (Wildman–Crippen MR) is 41.3 cm³/mol. The van der Waals surface area contributed by atoms with Gasteiger partial charge >= 0.3 is 0 Å². The van der Waals surface area contributed by atoms with Crippen molar-refractivity contribution < 1.29 is 9.53 Å². The molecule has 1 fully saturated rings. The molecule has 0 spiro atoms. The van der Waals surface area contributed by atoms with Crippen molar-refractivity contribution in [2.75, 3.05) is 19.7 Å². The smallest absolute Gasteiger partial charge is 0.294 e. The summed E-state index contributed by atoms with van der Waals surface area (Å²) in [6, 6.07) is 0.472. The standard InChI is InChI=1S/C7H12N2O2/c1-3-8-7-9(4-2)6(10)5-11-7/h3-5H2,1-2H3/b8-7+. The van der Waals surface area contributed by atoms with Crippen molar-refractivity contribution in [2.45, 2.75) is 13.8 Å². The van der Waals surface area contributed by atoms with Crippen LogP contribution in [0.1, 0.15) is 13.8 Å². The molecule has 1 aliphatic rings. The number of rotatable bonds is 2. The summed E-state index contributed by atoms with van der Waals surface area (Å²) in [5.74, 6) is -0.000278. The van der Waals surface area contributed by atoms with Crippen LogP contribution < -0.4 is 0 Å².